The highest BCUT2D eigenvalue weighted by Crippen LogP contribution is 2.22. The number of carbonyl (C=O) groups is 3. The number of nitrogens with one attached hydrogen (secondary N) is 2. The first-order valence-corrected chi connectivity index (χ1v) is 14.1. The average molecular weight is 562 g/mol. The van der Waals surface area contributed by atoms with Crippen LogP contribution in [0, 0.1) is 0 Å². The number of nitrogens with two attached hydrogens (primary N) is 1. The van der Waals surface area contributed by atoms with Gasteiger partial charge in [-0.15, -0.1) is 0 Å². The Morgan fingerprint density at radius 2 is 1.62 bits per heavy atom. The lowest BCUT2D eigenvalue weighted by atomic mass is 10.0. The Balaban J connectivity index is 1.43. The number of amides is 4. The van der Waals surface area contributed by atoms with E-state index >= 15 is 0 Å². The van der Waals surface area contributed by atoms with Crippen molar-refractivity contribution in [2.75, 3.05) is 44.6 Å². The largest absolute Gasteiger partial charge is 0.352 e. The molecule has 0 atom stereocenters. The monoisotopic (exact) mass is 561 g/mol. The van der Waals surface area contributed by atoms with Crippen molar-refractivity contribution in [1.29, 1.82) is 0 Å². The summed E-state index contributed by atoms with van der Waals surface area (Å²) in [5.41, 5.74) is 9.13. The molecule has 9 heteroatoms. The van der Waals surface area contributed by atoms with Gasteiger partial charge in [-0.25, -0.2) is 4.79 Å². The molecule has 1 fully saturated rings. The van der Waals surface area contributed by atoms with E-state index in [2.05, 4.69) is 27.7 Å². The van der Waals surface area contributed by atoms with Crippen molar-refractivity contribution in [3.63, 3.8) is 0 Å². The smallest absolute Gasteiger partial charge is 0.314 e. The Morgan fingerprint density at radius 1 is 0.825 bits per heavy atom. The van der Waals surface area contributed by atoms with Gasteiger partial charge in [-0.3, -0.25) is 9.59 Å². The Labute approximate surface area is 240 Å². The fourth-order valence-corrected chi connectivity index (χ4v) is 5.00. The minimum absolute atomic E-state index is 0.183. The summed E-state index contributed by atoms with van der Waals surface area (Å²) in [5.74, 6) is -0.479. The van der Waals surface area contributed by atoms with E-state index in [1.54, 1.807) is 41.3 Å². The predicted octanol–water partition coefficient (Wildman–Crippen LogP) is 4.58. The molecule has 1 aliphatic rings. The van der Waals surface area contributed by atoms with Crippen LogP contribution < -0.4 is 16.4 Å². The quantitative estimate of drug-likeness (QED) is 0.315. The van der Waals surface area contributed by atoms with Crippen LogP contribution >= 0.6 is 11.6 Å². The molecule has 1 heterocycles. The molecule has 210 valence electrons. The second-order valence-corrected chi connectivity index (χ2v) is 10.4. The van der Waals surface area contributed by atoms with Crippen LogP contribution in [-0.2, 0) is 12.8 Å². The molecular formula is C31H36ClN5O3. The molecule has 0 spiro atoms. The van der Waals surface area contributed by atoms with Crippen molar-refractivity contribution < 1.29 is 14.4 Å². The van der Waals surface area contributed by atoms with Gasteiger partial charge < -0.3 is 26.2 Å². The minimum atomic E-state index is -0.387. The van der Waals surface area contributed by atoms with Gasteiger partial charge in [-0.05, 0) is 73.7 Å². The van der Waals surface area contributed by atoms with Gasteiger partial charge in [-0.1, -0.05) is 54.1 Å². The van der Waals surface area contributed by atoms with Gasteiger partial charge >= 0.3 is 6.03 Å². The van der Waals surface area contributed by atoms with Gasteiger partial charge in [0.1, 0.15) is 0 Å². The number of aryl methyl sites for hydroxylation is 1. The Kier molecular flexibility index (Phi) is 10.5. The average Bonchev–Trinajstić information content (AvgIpc) is 3.21. The summed E-state index contributed by atoms with van der Waals surface area (Å²) in [6.07, 6.45) is 3.23. The van der Waals surface area contributed by atoms with Gasteiger partial charge in [0.05, 0.1) is 0 Å². The number of anilines is 1. The number of halogens is 1. The van der Waals surface area contributed by atoms with Crippen LogP contribution in [0.15, 0.2) is 72.8 Å². The second-order valence-electron chi connectivity index (χ2n) is 9.95. The van der Waals surface area contributed by atoms with Crippen LogP contribution in [0.5, 0.6) is 0 Å². The zero-order valence-electron chi connectivity index (χ0n) is 22.6. The summed E-state index contributed by atoms with van der Waals surface area (Å²) in [7, 11) is 0. The maximum Gasteiger partial charge on any atom is 0.314 e. The number of rotatable bonds is 10. The Hall–Kier alpha value is -3.88. The highest BCUT2D eigenvalue weighted by atomic mass is 35.5. The first kappa shape index (κ1) is 29.1. The molecule has 0 bridgehead atoms. The summed E-state index contributed by atoms with van der Waals surface area (Å²) in [6, 6.07) is 22.0. The predicted molar refractivity (Wildman–Crippen MR) is 159 cm³/mol. The van der Waals surface area contributed by atoms with Crippen LogP contribution in [0.25, 0.3) is 0 Å². The highest BCUT2D eigenvalue weighted by Gasteiger charge is 2.18. The molecule has 0 radical (unpaired) electrons. The number of hydrogen-bond donors (Lipinski definition) is 3. The lowest BCUT2D eigenvalue weighted by molar-refractivity contribution is 0.0951. The van der Waals surface area contributed by atoms with Crippen molar-refractivity contribution in [2.24, 2.45) is 5.73 Å². The Bertz CT molecular complexity index is 1320. The zero-order valence-corrected chi connectivity index (χ0v) is 23.3. The molecule has 3 aromatic carbocycles. The molecular weight excluding hydrogens is 526 g/mol. The van der Waals surface area contributed by atoms with Crippen molar-refractivity contribution in [1.82, 2.24) is 15.1 Å². The summed E-state index contributed by atoms with van der Waals surface area (Å²) in [4.78, 5) is 41.5. The number of nitrogens with zero attached hydrogens (tertiary/aromatic N) is 2. The van der Waals surface area contributed by atoms with Gasteiger partial charge in [0.2, 0.25) is 0 Å². The van der Waals surface area contributed by atoms with Crippen molar-refractivity contribution in [3.8, 4) is 0 Å². The van der Waals surface area contributed by atoms with Gasteiger partial charge in [0, 0.05) is 54.6 Å². The van der Waals surface area contributed by atoms with Crippen LogP contribution in [0.1, 0.15) is 44.7 Å². The van der Waals surface area contributed by atoms with Gasteiger partial charge in [-0.2, -0.15) is 0 Å². The number of urea groups is 1. The summed E-state index contributed by atoms with van der Waals surface area (Å²) in [5, 5.41) is 6.46. The fraction of sp³-hybridized carbons (Fsp3) is 0.323. The van der Waals surface area contributed by atoms with E-state index < -0.39 is 0 Å². The molecule has 0 saturated carbocycles. The third-order valence-corrected chi connectivity index (χ3v) is 7.31. The Morgan fingerprint density at radius 3 is 2.40 bits per heavy atom. The number of hydrogen-bond acceptors (Lipinski definition) is 4. The lowest BCUT2D eigenvalue weighted by Gasteiger charge is -2.21. The molecule has 0 unspecified atom stereocenters. The third kappa shape index (κ3) is 8.56. The highest BCUT2D eigenvalue weighted by molar-refractivity contribution is 6.31. The van der Waals surface area contributed by atoms with E-state index in [1.807, 2.05) is 24.3 Å². The topological polar surface area (TPSA) is 108 Å². The molecule has 0 aromatic heterocycles. The first-order valence-electron chi connectivity index (χ1n) is 13.7. The first-order chi connectivity index (χ1) is 19.4. The maximum absolute atomic E-state index is 13.1. The minimum Gasteiger partial charge on any atom is -0.352 e. The second kappa shape index (κ2) is 14.5. The summed E-state index contributed by atoms with van der Waals surface area (Å²) in [6.45, 7) is 4.14. The molecule has 4 rings (SSSR count). The van der Waals surface area contributed by atoms with Crippen LogP contribution in [0.2, 0.25) is 5.02 Å². The summed E-state index contributed by atoms with van der Waals surface area (Å²) < 4.78 is 0. The van der Waals surface area contributed by atoms with Crippen LogP contribution in [-0.4, -0.2) is 66.9 Å². The van der Waals surface area contributed by atoms with E-state index in [4.69, 9.17) is 17.3 Å². The van der Waals surface area contributed by atoms with Crippen molar-refractivity contribution in [2.45, 2.75) is 25.7 Å². The molecule has 3 aromatic rings. The molecule has 40 heavy (non-hydrogen) atoms. The van der Waals surface area contributed by atoms with E-state index in [0.29, 0.717) is 47.9 Å². The fourth-order valence-electron chi connectivity index (χ4n) is 4.81. The normalized spacial score (nSPS) is 13.9. The third-order valence-electron chi connectivity index (χ3n) is 7.08. The van der Waals surface area contributed by atoms with Gasteiger partial charge in [0.15, 0.2) is 0 Å². The molecule has 4 amide bonds. The molecule has 0 aliphatic carbocycles. The van der Waals surface area contributed by atoms with E-state index in [0.717, 1.165) is 44.5 Å². The van der Waals surface area contributed by atoms with Crippen molar-refractivity contribution in [3.05, 3.63) is 100 Å². The molecule has 1 aliphatic heterocycles. The lowest BCUT2D eigenvalue weighted by Crippen LogP contribution is -2.38. The zero-order chi connectivity index (χ0) is 28.3. The van der Waals surface area contributed by atoms with Crippen LogP contribution in [0.3, 0.4) is 0 Å². The number of carbonyl (C=O) groups excluding carboxylic acids is 3. The van der Waals surface area contributed by atoms with E-state index in [-0.39, 0.29) is 17.8 Å². The molecule has 8 nitrogen and oxygen atoms in total. The number of benzene rings is 3. The van der Waals surface area contributed by atoms with E-state index in [1.165, 1.54) is 5.56 Å². The van der Waals surface area contributed by atoms with Gasteiger partial charge in [0.25, 0.3) is 11.8 Å². The SMILES string of the molecule is NC(=O)N1CCCN(CCc2ccc(C(=O)NCCCc3ccccc3)cc2NC(=O)c2cccc(Cl)c2)CC1. The number of primary amides is 1. The summed E-state index contributed by atoms with van der Waals surface area (Å²) >= 11 is 6.10. The van der Waals surface area contributed by atoms with Crippen LogP contribution in [0.4, 0.5) is 10.5 Å². The molecule has 1 saturated heterocycles. The van der Waals surface area contributed by atoms with E-state index in [9.17, 15) is 14.4 Å². The maximum atomic E-state index is 13.1. The van der Waals surface area contributed by atoms with Crippen molar-refractivity contribution >= 4 is 35.1 Å². The standard InChI is InChI=1S/C31H36ClN5O3/c32-27-11-4-10-25(21-27)30(39)35-28-22-26(29(38)34-15-5-9-23-7-2-1-3-8-23)13-12-24(28)14-18-36-16-6-17-37(20-19-36)31(33)40/h1-4,7-8,10-13,21-22H,5-6,9,14-20H2,(H2,33,40)(H,34,38)(H,35,39). The molecule has 4 N–H and O–H groups in total.